The molecule has 0 atom stereocenters. The summed E-state index contributed by atoms with van der Waals surface area (Å²) in [5.41, 5.74) is 6.58. The highest BCUT2D eigenvalue weighted by Crippen LogP contribution is 2.19. The van der Waals surface area contributed by atoms with Crippen LogP contribution in [0.5, 0.6) is 0 Å². The molecule has 4 amide bonds. The minimum atomic E-state index is -0.657. The van der Waals surface area contributed by atoms with E-state index in [1.165, 1.54) is 17.6 Å². The zero-order valence-corrected chi connectivity index (χ0v) is 10.8. The van der Waals surface area contributed by atoms with E-state index < -0.39 is 23.6 Å². The van der Waals surface area contributed by atoms with E-state index in [4.69, 9.17) is 16.1 Å². The van der Waals surface area contributed by atoms with E-state index in [-0.39, 0.29) is 29.0 Å². The van der Waals surface area contributed by atoms with E-state index in [2.05, 4.69) is 0 Å². The molecule has 1 aromatic carbocycles. The fraction of sp³-hybridized carbons (Fsp3) is 0.167. The molecule has 5 N–H and O–H groups in total. The molecule has 9 heteroatoms. The second kappa shape index (κ2) is 7.12. The first-order valence-electron chi connectivity index (χ1n) is 5.76. The number of carbonyl (C=O) groups is 4. The van der Waals surface area contributed by atoms with Crippen LogP contribution in [0.15, 0.2) is 24.3 Å². The van der Waals surface area contributed by atoms with Crippen molar-refractivity contribution in [3.8, 4) is 0 Å². The fourth-order valence-corrected chi connectivity index (χ4v) is 1.47. The zero-order valence-electron chi connectivity index (χ0n) is 10.8. The van der Waals surface area contributed by atoms with Crippen molar-refractivity contribution in [1.82, 2.24) is 10.5 Å². The van der Waals surface area contributed by atoms with Gasteiger partial charge in [-0.05, 0) is 12.1 Å². The van der Waals surface area contributed by atoms with Gasteiger partial charge >= 0.3 is 0 Å². The quantitative estimate of drug-likeness (QED) is 0.333. The van der Waals surface area contributed by atoms with E-state index in [1.54, 1.807) is 12.1 Å². The summed E-state index contributed by atoms with van der Waals surface area (Å²) in [4.78, 5) is 42.3. The topological polar surface area (TPSA) is 150 Å². The first kappa shape index (κ1) is 16.3. The van der Waals surface area contributed by atoms with Crippen LogP contribution < -0.4 is 11.2 Å². The Morgan fingerprint density at radius 2 is 1.57 bits per heavy atom. The Kier molecular flexibility index (Phi) is 5.52. The third kappa shape index (κ3) is 4.09. The first-order chi connectivity index (χ1) is 9.88. The predicted octanol–water partition coefficient (Wildman–Crippen LogP) is -0.571. The monoisotopic (exact) mass is 295 g/mol. The van der Waals surface area contributed by atoms with E-state index in [0.29, 0.717) is 0 Å². The number of imide groups is 1. The van der Waals surface area contributed by atoms with Gasteiger partial charge in [0, 0.05) is 12.8 Å². The number of hydrogen-bond donors (Lipinski definition) is 4. The van der Waals surface area contributed by atoms with Gasteiger partial charge in [-0.3, -0.25) is 29.6 Å². The minimum Gasteiger partial charge on any atom is -0.370 e. The van der Waals surface area contributed by atoms with Gasteiger partial charge in [0.05, 0.1) is 11.1 Å². The van der Waals surface area contributed by atoms with Crippen molar-refractivity contribution in [1.29, 1.82) is 0 Å². The van der Waals surface area contributed by atoms with Gasteiger partial charge in [0.1, 0.15) is 0 Å². The lowest BCUT2D eigenvalue weighted by Gasteiger charge is -1.99. The van der Waals surface area contributed by atoms with Crippen molar-refractivity contribution < 1.29 is 29.6 Å². The summed E-state index contributed by atoms with van der Waals surface area (Å²) in [5, 5.41) is 16.9. The number of rotatable bonds is 3. The summed E-state index contributed by atoms with van der Waals surface area (Å²) in [6.45, 7) is 0. The van der Waals surface area contributed by atoms with Crippen molar-refractivity contribution >= 4 is 23.6 Å². The van der Waals surface area contributed by atoms with Crippen molar-refractivity contribution in [2.75, 3.05) is 0 Å². The molecule has 0 saturated carbocycles. The van der Waals surface area contributed by atoms with E-state index >= 15 is 0 Å². The maximum Gasteiger partial charge on any atom is 0.285 e. The van der Waals surface area contributed by atoms with Crippen molar-refractivity contribution in [3.63, 3.8) is 0 Å². The Morgan fingerprint density at radius 3 is 1.95 bits per heavy atom. The van der Waals surface area contributed by atoms with Crippen LogP contribution in [0.25, 0.3) is 0 Å². The smallest absolute Gasteiger partial charge is 0.285 e. The molecule has 2 rings (SSSR count). The number of benzene rings is 1. The van der Waals surface area contributed by atoms with Gasteiger partial charge < -0.3 is 5.73 Å². The number of hydroxylamine groups is 3. The molecule has 0 radical (unpaired) electrons. The maximum atomic E-state index is 11.1. The number of primary amides is 1. The van der Waals surface area contributed by atoms with Crippen molar-refractivity contribution in [3.05, 3.63) is 35.4 Å². The third-order valence-electron chi connectivity index (χ3n) is 2.50. The number of nitrogens with one attached hydrogen (secondary N) is 1. The highest BCUT2D eigenvalue weighted by atomic mass is 16.5. The molecule has 0 unspecified atom stereocenters. The van der Waals surface area contributed by atoms with Gasteiger partial charge in [-0.15, -0.1) is 5.06 Å². The summed E-state index contributed by atoms with van der Waals surface area (Å²) in [7, 11) is 0. The Morgan fingerprint density at radius 1 is 1.10 bits per heavy atom. The SMILES string of the molecule is NC(=O)CCC(=O)NO.O=C1c2ccccc2C(=O)N1O. The van der Waals surface area contributed by atoms with Crippen LogP contribution in [0.3, 0.4) is 0 Å². The molecule has 21 heavy (non-hydrogen) atoms. The zero-order chi connectivity index (χ0) is 16.0. The minimum absolute atomic E-state index is 0.0353. The maximum absolute atomic E-state index is 11.1. The molecule has 112 valence electrons. The second-order valence-corrected chi connectivity index (χ2v) is 3.97. The highest BCUT2D eigenvalue weighted by molar-refractivity contribution is 6.20. The van der Waals surface area contributed by atoms with Gasteiger partial charge in [0.2, 0.25) is 11.8 Å². The Bertz CT molecular complexity index is 551. The van der Waals surface area contributed by atoms with E-state index in [9.17, 15) is 19.2 Å². The summed E-state index contributed by atoms with van der Waals surface area (Å²) in [6.07, 6.45) is -0.0990. The van der Waals surface area contributed by atoms with Gasteiger partial charge in [0.25, 0.3) is 11.8 Å². The van der Waals surface area contributed by atoms with Gasteiger partial charge in [-0.2, -0.15) is 0 Å². The Balaban J connectivity index is 0.000000222. The molecule has 9 nitrogen and oxygen atoms in total. The van der Waals surface area contributed by atoms with Crippen LogP contribution >= 0.6 is 0 Å². The number of nitrogens with two attached hydrogens (primary N) is 1. The van der Waals surface area contributed by atoms with Gasteiger partial charge in [-0.1, -0.05) is 12.1 Å². The van der Waals surface area contributed by atoms with E-state index in [0.717, 1.165) is 0 Å². The van der Waals surface area contributed by atoms with Crippen LogP contribution in [-0.4, -0.2) is 39.1 Å². The van der Waals surface area contributed by atoms with Crippen molar-refractivity contribution in [2.45, 2.75) is 12.8 Å². The first-order valence-corrected chi connectivity index (χ1v) is 5.76. The second-order valence-electron chi connectivity index (χ2n) is 3.97. The molecule has 0 aromatic heterocycles. The molecule has 1 aromatic rings. The molecule has 0 spiro atoms. The average Bonchev–Trinajstić information content (AvgIpc) is 2.71. The number of nitrogens with zero attached hydrogens (tertiary/aromatic N) is 1. The molecule has 1 aliphatic rings. The summed E-state index contributed by atoms with van der Waals surface area (Å²) < 4.78 is 0. The lowest BCUT2D eigenvalue weighted by atomic mass is 10.1. The standard InChI is InChI=1S/C8H5NO3.C4H8N2O3/c10-7-5-3-1-2-4-6(5)8(11)9(7)12;5-3(7)1-2-4(8)6-9/h1-4,12H;9H,1-2H2,(H2,5,7)(H,6,8). The molecular weight excluding hydrogens is 282 g/mol. The summed E-state index contributed by atoms with van der Waals surface area (Å²) in [6, 6.07) is 6.30. The van der Waals surface area contributed by atoms with E-state index in [1.807, 2.05) is 0 Å². The van der Waals surface area contributed by atoms with Crippen LogP contribution in [0.2, 0.25) is 0 Å². The Labute approximate surface area is 118 Å². The third-order valence-corrected chi connectivity index (χ3v) is 2.50. The lowest BCUT2D eigenvalue weighted by molar-refractivity contribution is -0.131. The average molecular weight is 295 g/mol. The van der Waals surface area contributed by atoms with Crippen LogP contribution in [0.4, 0.5) is 0 Å². The van der Waals surface area contributed by atoms with Crippen LogP contribution in [-0.2, 0) is 9.59 Å². The molecular formula is C12H13N3O6. The highest BCUT2D eigenvalue weighted by Gasteiger charge is 2.33. The van der Waals surface area contributed by atoms with Crippen LogP contribution in [0.1, 0.15) is 33.6 Å². The largest absolute Gasteiger partial charge is 0.370 e. The molecule has 0 bridgehead atoms. The fourth-order valence-electron chi connectivity index (χ4n) is 1.47. The number of amides is 4. The van der Waals surface area contributed by atoms with Gasteiger partial charge in [-0.25, -0.2) is 5.48 Å². The predicted molar refractivity (Wildman–Crippen MR) is 67.1 cm³/mol. The molecule has 1 aliphatic heterocycles. The molecule has 0 saturated heterocycles. The summed E-state index contributed by atoms with van der Waals surface area (Å²) >= 11 is 0. The normalized spacial score (nSPS) is 12.4. The summed E-state index contributed by atoms with van der Waals surface area (Å²) in [5.74, 6) is -2.47. The molecule has 1 heterocycles. The van der Waals surface area contributed by atoms with Crippen LogP contribution in [0, 0.1) is 0 Å². The number of carbonyl (C=O) groups excluding carboxylic acids is 4. The molecule has 0 aliphatic carbocycles. The Hall–Kier alpha value is -2.78. The number of hydrogen-bond acceptors (Lipinski definition) is 6. The van der Waals surface area contributed by atoms with Gasteiger partial charge in [0.15, 0.2) is 0 Å². The molecule has 0 fully saturated rings. The lowest BCUT2D eigenvalue weighted by Crippen LogP contribution is -2.25. The van der Waals surface area contributed by atoms with Crippen molar-refractivity contribution in [2.24, 2.45) is 5.73 Å². The number of fused-ring (bicyclic) bond motifs is 1.